The number of nitrogens with zero attached hydrogens (tertiary/aromatic N) is 2. The Labute approximate surface area is 401 Å². The quantitative estimate of drug-likeness (QED) is 0.144. The average molecular weight is 881 g/mol. The van der Waals surface area contributed by atoms with Gasteiger partial charge >= 0.3 is 0 Å². The molecule has 69 heavy (non-hydrogen) atoms. The first-order valence-corrected chi connectivity index (χ1v) is 23.6. The SMILES string of the molecule is c1ccc(-c2ccc(-c3cccc(N(c4ccc(-c5ccc(-c6cccc7c6oc6ccccc67)cc5)cc4)c4ccc(-c5ccccc5-n5c6ccccc6c6ccccc65)cc4)c3)cc2)cc1. The summed E-state index contributed by atoms with van der Waals surface area (Å²) in [6, 6.07) is 96.0. The van der Waals surface area contributed by atoms with E-state index in [1.807, 2.05) is 12.1 Å². The molecule has 0 atom stereocenters. The summed E-state index contributed by atoms with van der Waals surface area (Å²) in [6.45, 7) is 0. The number of aromatic nitrogens is 1. The van der Waals surface area contributed by atoms with Crippen LogP contribution in [-0.4, -0.2) is 4.57 Å². The molecule has 2 aromatic heterocycles. The highest BCUT2D eigenvalue weighted by molar-refractivity contribution is 6.10. The maximum atomic E-state index is 6.39. The molecule has 13 aromatic rings. The van der Waals surface area contributed by atoms with Crippen LogP contribution >= 0.6 is 0 Å². The Morgan fingerprint density at radius 2 is 0.710 bits per heavy atom. The lowest BCUT2D eigenvalue weighted by atomic mass is 9.98. The third kappa shape index (κ3) is 7.16. The van der Waals surface area contributed by atoms with Gasteiger partial charge in [0.15, 0.2) is 0 Å². The summed E-state index contributed by atoms with van der Waals surface area (Å²) in [5.41, 5.74) is 20.2. The van der Waals surface area contributed by atoms with Crippen molar-refractivity contribution in [2.75, 3.05) is 4.90 Å². The fourth-order valence-electron chi connectivity index (χ4n) is 10.3. The summed E-state index contributed by atoms with van der Waals surface area (Å²) in [6.07, 6.45) is 0. The molecule has 0 unspecified atom stereocenters. The minimum absolute atomic E-state index is 0.909. The van der Waals surface area contributed by atoms with E-state index in [9.17, 15) is 0 Å². The number of benzene rings is 11. The fraction of sp³-hybridized carbons (Fsp3) is 0. The summed E-state index contributed by atoms with van der Waals surface area (Å²) in [7, 11) is 0. The molecule has 0 spiro atoms. The van der Waals surface area contributed by atoms with Gasteiger partial charge in [-0.1, -0.05) is 206 Å². The lowest BCUT2D eigenvalue weighted by Crippen LogP contribution is -2.10. The molecule has 0 aliphatic rings. The minimum atomic E-state index is 0.909. The molecular weight excluding hydrogens is 837 g/mol. The van der Waals surface area contributed by atoms with Crippen molar-refractivity contribution in [2.45, 2.75) is 0 Å². The van der Waals surface area contributed by atoms with Gasteiger partial charge in [-0.15, -0.1) is 0 Å². The summed E-state index contributed by atoms with van der Waals surface area (Å²) in [5.74, 6) is 0. The van der Waals surface area contributed by atoms with Crippen LogP contribution in [0, 0.1) is 0 Å². The van der Waals surface area contributed by atoms with Gasteiger partial charge in [0.25, 0.3) is 0 Å². The van der Waals surface area contributed by atoms with Gasteiger partial charge in [-0.25, -0.2) is 0 Å². The van der Waals surface area contributed by atoms with Crippen LogP contribution in [0.2, 0.25) is 0 Å². The Morgan fingerprint density at radius 1 is 0.275 bits per heavy atom. The molecule has 0 fully saturated rings. The van der Waals surface area contributed by atoms with Gasteiger partial charge in [0.1, 0.15) is 11.2 Å². The normalized spacial score (nSPS) is 11.5. The van der Waals surface area contributed by atoms with Gasteiger partial charge in [0.2, 0.25) is 0 Å². The van der Waals surface area contributed by atoms with Crippen molar-refractivity contribution in [3.05, 3.63) is 267 Å². The van der Waals surface area contributed by atoms with Crippen LogP contribution in [0.4, 0.5) is 17.1 Å². The highest BCUT2D eigenvalue weighted by atomic mass is 16.3. The number of fused-ring (bicyclic) bond motifs is 6. The third-order valence-corrected chi connectivity index (χ3v) is 13.7. The second kappa shape index (κ2) is 16.9. The first kappa shape index (κ1) is 40.1. The van der Waals surface area contributed by atoms with Gasteiger partial charge in [-0.05, 0) is 105 Å². The molecular formula is C66H44N2O. The molecule has 3 heteroatoms. The second-order valence-corrected chi connectivity index (χ2v) is 17.7. The molecule has 0 radical (unpaired) electrons. The number of para-hydroxylation sites is 5. The molecule has 0 aliphatic heterocycles. The summed E-state index contributed by atoms with van der Waals surface area (Å²) in [5, 5.41) is 4.78. The molecule has 324 valence electrons. The summed E-state index contributed by atoms with van der Waals surface area (Å²) < 4.78 is 8.80. The van der Waals surface area contributed by atoms with Gasteiger partial charge in [-0.3, -0.25) is 0 Å². The van der Waals surface area contributed by atoms with Crippen molar-refractivity contribution < 1.29 is 4.42 Å². The molecule has 3 nitrogen and oxygen atoms in total. The molecule has 13 rings (SSSR count). The highest BCUT2D eigenvalue weighted by Gasteiger charge is 2.18. The Bertz CT molecular complexity index is 3920. The number of anilines is 3. The Kier molecular flexibility index (Phi) is 9.84. The zero-order valence-electron chi connectivity index (χ0n) is 37.7. The van der Waals surface area contributed by atoms with E-state index in [1.165, 1.54) is 44.1 Å². The largest absolute Gasteiger partial charge is 0.455 e. The van der Waals surface area contributed by atoms with Crippen LogP contribution in [0.1, 0.15) is 0 Å². The fourth-order valence-corrected chi connectivity index (χ4v) is 10.3. The second-order valence-electron chi connectivity index (χ2n) is 17.7. The van der Waals surface area contributed by atoms with Crippen LogP contribution in [0.5, 0.6) is 0 Å². The van der Waals surface area contributed by atoms with Crippen molar-refractivity contribution in [2.24, 2.45) is 0 Å². The van der Waals surface area contributed by atoms with Crippen molar-refractivity contribution in [3.63, 3.8) is 0 Å². The smallest absolute Gasteiger partial charge is 0.143 e. The predicted molar refractivity (Wildman–Crippen MR) is 290 cm³/mol. The first-order chi connectivity index (χ1) is 34.2. The Balaban J connectivity index is 0.867. The van der Waals surface area contributed by atoms with Crippen LogP contribution in [0.25, 0.3) is 105 Å². The third-order valence-electron chi connectivity index (χ3n) is 13.7. The van der Waals surface area contributed by atoms with Crippen LogP contribution < -0.4 is 4.90 Å². The average Bonchev–Trinajstić information content (AvgIpc) is 3.98. The molecule has 0 saturated heterocycles. The number of rotatable bonds is 9. The predicted octanol–water partition coefficient (Wildman–Crippen LogP) is 18.5. The van der Waals surface area contributed by atoms with E-state index in [4.69, 9.17) is 4.42 Å². The van der Waals surface area contributed by atoms with Gasteiger partial charge in [0.05, 0.1) is 16.7 Å². The van der Waals surface area contributed by atoms with E-state index < -0.39 is 0 Å². The van der Waals surface area contributed by atoms with E-state index in [0.717, 1.165) is 78.1 Å². The van der Waals surface area contributed by atoms with Crippen molar-refractivity contribution >= 4 is 60.8 Å². The molecule has 2 heterocycles. The molecule has 0 bridgehead atoms. The van der Waals surface area contributed by atoms with Crippen molar-refractivity contribution in [3.8, 4) is 61.3 Å². The molecule has 0 N–H and O–H groups in total. The molecule has 11 aromatic carbocycles. The van der Waals surface area contributed by atoms with Crippen LogP contribution in [0.15, 0.2) is 271 Å². The molecule has 0 amide bonds. The highest BCUT2D eigenvalue weighted by Crippen LogP contribution is 2.42. The standard InChI is InChI=1S/C66H44N2O/c1-2-14-45(15-3-1)46-28-30-49(31-29-46)52-16-12-17-55(44-52)67(53-40-36-48(37-41-53)47-32-34-51(35-33-47)57-22-13-23-61-60-21-7-11-27-65(60)69-66(57)61)54-42-38-50(39-43-54)56-18-4-8-24-62(56)68-63-25-9-5-19-58(63)59-20-6-10-26-64(59)68/h1-44H. The number of furan rings is 1. The van der Waals surface area contributed by atoms with Crippen LogP contribution in [0.3, 0.4) is 0 Å². The Hall–Kier alpha value is -9.18. The van der Waals surface area contributed by atoms with Crippen molar-refractivity contribution in [1.29, 1.82) is 0 Å². The number of hydrogen-bond acceptors (Lipinski definition) is 2. The van der Waals surface area contributed by atoms with E-state index in [2.05, 4.69) is 264 Å². The lowest BCUT2D eigenvalue weighted by molar-refractivity contribution is 0.670. The topological polar surface area (TPSA) is 21.3 Å². The van der Waals surface area contributed by atoms with Crippen molar-refractivity contribution in [1.82, 2.24) is 4.57 Å². The van der Waals surface area contributed by atoms with E-state index in [1.54, 1.807) is 0 Å². The van der Waals surface area contributed by atoms with Gasteiger partial charge in [0, 0.05) is 49.7 Å². The minimum Gasteiger partial charge on any atom is -0.455 e. The van der Waals surface area contributed by atoms with E-state index in [0.29, 0.717) is 0 Å². The monoisotopic (exact) mass is 880 g/mol. The maximum absolute atomic E-state index is 6.39. The zero-order valence-corrected chi connectivity index (χ0v) is 37.7. The Morgan fingerprint density at radius 3 is 1.38 bits per heavy atom. The van der Waals surface area contributed by atoms with Crippen LogP contribution in [-0.2, 0) is 0 Å². The van der Waals surface area contributed by atoms with E-state index in [-0.39, 0.29) is 0 Å². The number of hydrogen-bond donors (Lipinski definition) is 0. The van der Waals surface area contributed by atoms with E-state index >= 15 is 0 Å². The lowest BCUT2D eigenvalue weighted by Gasteiger charge is -2.26. The molecule has 0 saturated carbocycles. The summed E-state index contributed by atoms with van der Waals surface area (Å²) in [4.78, 5) is 2.37. The first-order valence-electron chi connectivity index (χ1n) is 23.6. The maximum Gasteiger partial charge on any atom is 0.143 e. The van der Waals surface area contributed by atoms with Gasteiger partial charge in [-0.2, -0.15) is 0 Å². The molecule has 0 aliphatic carbocycles. The zero-order chi connectivity index (χ0) is 45.7. The van der Waals surface area contributed by atoms with Gasteiger partial charge < -0.3 is 13.9 Å². The summed E-state index contributed by atoms with van der Waals surface area (Å²) >= 11 is 0.